The highest BCUT2D eigenvalue weighted by Gasteiger charge is 2.18. The number of benzene rings is 2. The molecule has 0 heterocycles. The van der Waals surface area contributed by atoms with E-state index in [1.165, 1.54) is 0 Å². The molecule has 0 saturated heterocycles. The minimum atomic E-state index is -3.36. The first-order valence-corrected chi connectivity index (χ1v) is 7.69. The second-order valence-corrected chi connectivity index (χ2v) is 6.68. The second-order valence-electron chi connectivity index (χ2n) is 4.73. The number of rotatable bonds is 3. The Labute approximate surface area is 114 Å². The zero-order chi connectivity index (χ0) is 14.0. The van der Waals surface area contributed by atoms with Gasteiger partial charge in [-0.2, -0.15) is 0 Å². The van der Waals surface area contributed by atoms with Crippen molar-refractivity contribution in [3.05, 3.63) is 59.2 Å². The van der Waals surface area contributed by atoms with Crippen LogP contribution in [0.25, 0.3) is 0 Å². The average molecular weight is 275 g/mol. The van der Waals surface area contributed by atoms with Crippen molar-refractivity contribution in [2.45, 2.75) is 24.5 Å². The summed E-state index contributed by atoms with van der Waals surface area (Å²) in [5.41, 5.74) is 8.78. The predicted molar refractivity (Wildman–Crippen MR) is 77.7 cm³/mol. The van der Waals surface area contributed by atoms with Crippen LogP contribution >= 0.6 is 0 Å². The van der Waals surface area contributed by atoms with E-state index in [9.17, 15) is 8.42 Å². The van der Waals surface area contributed by atoms with Crippen molar-refractivity contribution in [3.8, 4) is 0 Å². The zero-order valence-electron chi connectivity index (χ0n) is 11.1. The molecule has 0 radical (unpaired) electrons. The lowest BCUT2D eigenvalue weighted by Crippen LogP contribution is -2.08. The minimum absolute atomic E-state index is 0.0659. The van der Waals surface area contributed by atoms with E-state index in [0.717, 1.165) is 11.1 Å². The van der Waals surface area contributed by atoms with Crippen molar-refractivity contribution in [3.63, 3.8) is 0 Å². The van der Waals surface area contributed by atoms with Crippen molar-refractivity contribution < 1.29 is 8.42 Å². The van der Waals surface area contributed by atoms with Gasteiger partial charge in [0.2, 0.25) is 0 Å². The van der Waals surface area contributed by atoms with Crippen molar-refractivity contribution >= 4 is 15.5 Å². The summed E-state index contributed by atoms with van der Waals surface area (Å²) in [6, 6.07) is 12.4. The highest BCUT2D eigenvalue weighted by Crippen LogP contribution is 2.23. The first-order valence-electron chi connectivity index (χ1n) is 6.03. The van der Waals surface area contributed by atoms with Crippen molar-refractivity contribution in [2.24, 2.45) is 0 Å². The van der Waals surface area contributed by atoms with Crippen LogP contribution in [-0.2, 0) is 15.6 Å². The van der Waals surface area contributed by atoms with E-state index < -0.39 is 9.84 Å². The number of aryl methyl sites for hydroxylation is 2. The molecule has 0 bridgehead atoms. The summed E-state index contributed by atoms with van der Waals surface area (Å²) in [6.45, 7) is 3.76. The maximum atomic E-state index is 12.4. The fourth-order valence-corrected chi connectivity index (χ4v) is 3.75. The van der Waals surface area contributed by atoms with Crippen LogP contribution < -0.4 is 5.73 Å². The molecule has 2 rings (SSSR count). The van der Waals surface area contributed by atoms with E-state index in [2.05, 4.69) is 0 Å². The number of para-hydroxylation sites is 1. The van der Waals surface area contributed by atoms with Crippen LogP contribution in [0.1, 0.15) is 16.7 Å². The van der Waals surface area contributed by atoms with Gasteiger partial charge in [0.05, 0.1) is 10.6 Å². The molecule has 0 aliphatic heterocycles. The molecule has 0 aromatic heterocycles. The Hall–Kier alpha value is -1.81. The van der Waals surface area contributed by atoms with Gasteiger partial charge in [-0.1, -0.05) is 35.9 Å². The number of hydrogen-bond acceptors (Lipinski definition) is 3. The fourth-order valence-electron chi connectivity index (χ4n) is 2.10. The standard InChI is InChI=1S/C15H17NO2S/c1-11-7-8-15(12(2)9-11)19(17,18)10-13-5-3-4-6-14(13)16/h3-9H,10,16H2,1-2H3. The highest BCUT2D eigenvalue weighted by atomic mass is 32.2. The summed E-state index contributed by atoms with van der Waals surface area (Å²) in [7, 11) is -3.36. The lowest BCUT2D eigenvalue weighted by Gasteiger charge is -2.10. The van der Waals surface area contributed by atoms with Crippen LogP contribution in [0, 0.1) is 13.8 Å². The summed E-state index contributed by atoms with van der Waals surface area (Å²) in [5.74, 6) is -0.0659. The molecule has 2 aromatic rings. The third-order valence-corrected chi connectivity index (χ3v) is 4.89. The summed E-state index contributed by atoms with van der Waals surface area (Å²) in [4.78, 5) is 0.376. The monoisotopic (exact) mass is 275 g/mol. The quantitative estimate of drug-likeness (QED) is 0.876. The van der Waals surface area contributed by atoms with Gasteiger partial charge in [-0.3, -0.25) is 0 Å². The molecule has 100 valence electrons. The molecular weight excluding hydrogens is 258 g/mol. The van der Waals surface area contributed by atoms with Gasteiger partial charge in [-0.25, -0.2) is 8.42 Å². The summed E-state index contributed by atoms with van der Waals surface area (Å²) < 4.78 is 24.9. The first-order chi connectivity index (χ1) is 8.90. The van der Waals surface area contributed by atoms with Gasteiger partial charge in [-0.05, 0) is 37.1 Å². The first kappa shape index (κ1) is 13.6. The van der Waals surface area contributed by atoms with Crippen molar-refractivity contribution in [1.82, 2.24) is 0 Å². The van der Waals surface area contributed by atoms with E-state index in [-0.39, 0.29) is 5.75 Å². The smallest absolute Gasteiger partial charge is 0.182 e. The highest BCUT2D eigenvalue weighted by molar-refractivity contribution is 7.90. The Balaban J connectivity index is 2.41. The number of anilines is 1. The van der Waals surface area contributed by atoms with Crippen LogP contribution in [-0.4, -0.2) is 8.42 Å². The normalized spacial score (nSPS) is 11.5. The second kappa shape index (κ2) is 5.05. The van der Waals surface area contributed by atoms with Crippen LogP contribution in [0.5, 0.6) is 0 Å². The topological polar surface area (TPSA) is 60.2 Å². The molecule has 0 fully saturated rings. The number of nitrogens with two attached hydrogens (primary N) is 1. The van der Waals surface area contributed by atoms with Gasteiger partial charge in [-0.15, -0.1) is 0 Å². The Bertz CT molecular complexity index is 706. The van der Waals surface area contributed by atoms with E-state index in [1.807, 2.05) is 26.0 Å². The molecule has 0 amide bonds. The van der Waals surface area contributed by atoms with Gasteiger partial charge in [0.1, 0.15) is 0 Å². The molecule has 4 heteroatoms. The number of hydrogen-bond donors (Lipinski definition) is 1. The van der Waals surface area contributed by atoms with Gasteiger partial charge in [0.25, 0.3) is 0 Å². The third kappa shape index (κ3) is 2.96. The maximum absolute atomic E-state index is 12.4. The van der Waals surface area contributed by atoms with Gasteiger partial charge < -0.3 is 5.73 Å². The Morgan fingerprint density at radius 1 is 1.05 bits per heavy atom. The molecule has 0 aliphatic rings. The number of sulfone groups is 1. The molecule has 0 saturated carbocycles. The van der Waals surface area contributed by atoms with Gasteiger partial charge in [0.15, 0.2) is 9.84 Å². The molecule has 0 atom stereocenters. The zero-order valence-corrected chi connectivity index (χ0v) is 11.9. The predicted octanol–water partition coefficient (Wildman–Crippen LogP) is 2.86. The van der Waals surface area contributed by atoms with E-state index in [4.69, 9.17) is 5.73 Å². The van der Waals surface area contributed by atoms with Crippen LogP contribution in [0.2, 0.25) is 0 Å². The lowest BCUT2D eigenvalue weighted by atomic mass is 10.2. The summed E-state index contributed by atoms with van der Waals surface area (Å²) in [5, 5.41) is 0. The van der Waals surface area contributed by atoms with E-state index in [0.29, 0.717) is 16.1 Å². The van der Waals surface area contributed by atoms with Crippen LogP contribution in [0.4, 0.5) is 5.69 Å². The summed E-state index contributed by atoms with van der Waals surface area (Å²) in [6.07, 6.45) is 0. The maximum Gasteiger partial charge on any atom is 0.182 e. The molecule has 0 aliphatic carbocycles. The minimum Gasteiger partial charge on any atom is -0.398 e. The Morgan fingerprint density at radius 2 is 1.74 bits per heavy atom. The number of nitrogen functional groups attached to an aromatic ring is 1. The molecule has 3 nitrogen and oxygen atoms in total. The van der Waals surface area contributed by atoms with E-state index >= 15 is 0 Å². The van der Waals surface area contributed by atoms with E-state index in [1.54, 1.807) is 30.3 Å². The van der Waals surface area contributed by atoms with Gasteiger partial charge in [0, 0.05) is 5.69 Å². The molecule has 0 unspecified atom stereocenters. The lowest BCUT2D eigenvalue weighted by molar-refractivity contribution is 0.594. The Kier molecular flexibility index (Phi) is 3.62. The van der Waals surface area contributed by atoms with Gasteiger partial charge >= 0.3 is 0 Å². The Morgan fingerprint density at radius 3 is 2.37 bits per heavy atom. The van der Waals surface area contributed by atoms with Crippen molar-refractivity contribution in [2.75, 3.05) is 5.73 Å². The molecule has 2 N–H and O–H groups in total. The van der Waals surface area contributed by atoms with Crippen LogP contribution in [0.15, 0.2) is 47.4 Å². The van der Waals surface area contributed by atoms with Crippen molar-refractivity contribution in [1.29, 1.82) is 0 Å². The third-order valence-electron chi connectivity index (χ3n) is 3.07. The summed E-state index contributed by atoms with van der Waals surface area (Å²) >= 11 is 0. The molecule has 2 aromatic carbocycles. The molecular formula is C15H17NO2S. The molecule has 0 spiro atoms. The molecule has 19 heavy (non-hydrogen) atoms. The average Bonchev–Trinajstić information content (AvgIpc) is 2.31. The largest absolute Gasteiger partial charge is 0.398 e. The fraction of sp³-hybridized carbons (Fsp3) is 0.200. The van der Waals surface area contributed by atoms with Crippen LogP contribution in [0.3, 0.4) is 0 Å². The SMILES string of the molecule is Cc1ccc(S(=O)(=O)Cc2ccccc2N)c(C)c1.